The molecule has 1 aliphatic heterocycles. The van der Waals surface area contributed by atoms with Crippen molar-refractivity contribution in [2.75, 3.05) is 18.0 Å². The van der Waals surface area contributed by atoms with Crippen LogP contribution in [0.2, 0.25) is 0 Å². The van der Waals surface area contributed by atoms with Gasteiger partial charge in [-0.2, -0.15) is 0 Å². The molecule has 0 saturated carbocycles. The van der Waals surface area contributed by atoms with Crippen molar-refractivity contribution in [2.45, 2.75) is 40.2 Å². The second kappa shape index (κ2) is 7.73. The maximum atomic E-state index is 12.9. The number of para-hydroxylation sites is 1. The molecule has 1 heterocycles. The lowest BCUT2D eigenvalue weighted by Gasteiger charge is -2.32. The Bertz CT molecular complexity index is 829. The first-order chi connectivity index (χ1) is 12.5. The zero-order valence-electron chi connectivity index (χ0n) is 15.8. The Kier molecular flexibility index (Phi) is 5.40. The SMILES string of the molecule is CCc1cccc(C)c1N(CC(=O)N1CCc2ccccc2C1)C(C)=O. The van der Waals surface area contributed by atoms with Gasteiger partial charge in [-0.25, -0.2) is 0 Å². The topological polar surface area (TPSA) is 40.6 Å². The van der Waals surface area contributed by atoms with E-state index in [2.05, 4.69) is 19.1 Å². The molecule has 1 aliphatic rings. The number of hydrogen-bond donors (Lipinski definition) is 0. The summed E-state index contributed by atoms with van der Waals surface area (Å²) in [7, 11) is 0. The molecule has 0 fully saturated rings. The first kappa shape index (κ1) is 18.2. The third-order valence-electron chi connectivity index (χ3n) is 5.13. The fraction of sp³-hybridized carbons (Fsp3) is 0.364. The second-order valence-corrected chi connectivity index (χ2v) is 6.88. The highest BCUT2D eigenvalue weighted by atomic mass is 16.2. The van der Waals surface area contributed by atoms with E-state index in [1.807, 2.05) is 42.2 Å². The molecule has 0 radical (unpaired) electrons. The van der Waals surface area contributed by atoms with E-state index in [-0.39, 0.29) is 18.4 Å². The van der Waals surface area contributed by atoms with Gasteiger partial charge in [0.1, 0.15) is 6.54 Å². The number of carbonyl (C=O) groups is 2. The fourth-order valence-electron chi connectivity index (χ4n) is 3.68. The molecule has 2 aromatic rings. The molecule has 3 rings (SSSR count). The Hall–Kier alpha value is -2.62. The molecule has 0 aliphatic carbocycles. The second-order valence-electron chi connectivity index (χ2n) is 6.88. The van der Waals surface area contributed by atoms with Crippen molar-refractivity contribution >= 4 is 17.5 Å². The molecule has 0 N–H and O–H groups in total. The van der Waals surface area contributed by atoms with Gasteiger partial charge < -0.3 is 9.80 Å². The highest BCUT2D eigenvalue weighted by molar-refractivity contribution is 5.98. The Balaban J connectivity index is 1.82. The predicted molar refractivity (Wildman–Crippen MR) is 104 cm³/mol. The van der Waals surface area contributed by atoms with E-state index in [4.69, 9.17) is 0 Å². The lowest BCUT2D eigenvalue weighted by atomic mass is 10.00. The molecule has 136 valence electrons. The summed E-state index contributed by atoms with van der Waals surface area (Å²) in [6, 6.07) is 14.3. The van der Waals surface area contributed by atoms with Crippen LogP contribution in [0.4, 0.5) is 5.69 Å². The van der Waals surface area contributed by atoms with Crippen molar-refractivity contribution in [3.8, 4) is 0 Å². The molecular weight excluding hydrogens is 324 g/mol. The van der Waals surface area contributed by atoms with Crippen LogP contribution < -0.4 is 4.90 Å². The number of carbonyl (C=O) groups excluding carboxylic acids is 2. The van der Waals surface area contributed by atoms with Crippen molar-refractivity contribution in [2.24, 2.45) is 0 Å². The number of fused-ring (bicyclic) bond motifs is 1. The monoisotopic (exact) mass is 350 g/mol. The van der Waals surface area contributed by atoms with Gasteiger partial charge in [0, 0.05) is 20.0 Å². The lowest BCUT2D eigenvalue weighted by Crippen LogP contribution is -2.44. The molecule has 4 heteroatoms. The minimum absolute atomic E-state index is 0.00000850. The summed E-state index contributed by atoms with van der Waals surface area (Å²) in [5.41, 5.74) is 5.51. The zero-order chi connectivity index (χ0) is 18.7. The van der Waals surface area contributed by atoms with Crippen LogP contribution in [-0.2, 0) is 29.0 Å². The molecular formula is C22H26N2O2. The first-order valence-electron chi connectivity index (χ1n) is 9.22. The number of anilines is 1. The Labute approximate surface area is 155 Å². The Morgan fingerprint density at radius 2 is 1.81 bits per heavy atom. The predicted octanol–water partition coefficient (Wildman–Crippen LogP) is 3.50. The molecule has 2 amide bonds. The number of nitrogens with zero attached hydrogens (tertiary/aromatic N) is 2. The van der Waals surface area contributed by atoms with Crippen LogP contribution in [0.25, 0.3) is 0 Å². The highest BCUT2D eigenvalue weighted by Crippen LogP contribution is 2.27. The smallest absolute Gasteiger partial charge is 0.242 e. The van der Waals surface area contributed by atoms with Gasteiger partial charge in [-0.05, 0) is 42.0 Å². The summed E-state index contributed by atoms with van der Waals surface area (Å²) in [6.45, 7) is 7.01. The van der Waals surface area contributed by atoms with Crippen molar-refractivity contribution in [3.05, 3.63) is 64.7 Å². The van der Waals surface area contributed by atoms with Gasteiger partial charge in [-0.1, -0.05) is 49.4 Å². The van der Waals surface area contributed by atoms with Gasteiger partial charge >= 0.3 is 0 Å². The molecule has 2 aromatic carbocycles. The number of benzene rings is 2. The van der Waals surface area contributed by atoms with E-state index in [1.54, 1.807) is 4.90 Å². The van der Waals surface area contributed by atoms with Crippen molar-refractivity contribution < 1.29 is 9.59 Å². The molecule has 0 atom stereocenters. The maximum Gasteiger partial charge on any atom is 0.242 e. The van der Waals surface area contributed by atoms with E-state index in [9.17, 15) is 9.59 Å². The summed E-state index contributed by atoms with van der Waals surface area (Å²) < 4.78 is 0. The number of aryl methyl sites for hydroxylation is 2. The third-order valence-corrected chi connectivity index (χ3v) is 5.13. The van der Waals surface area contributed by atoms with Gasteiger partial charge in [0.15, 0.2) is 0 Å². The Morgan fingerprint density at radius 3 is 2.50 bits per heavy atom. The fourth-order valence-corrected chi connectivity index (χ4v) is 3.68. The summed E-state index contributed by atoms with van der Waals surface area (Å²) in [6.07, 6.45) is 1.69. The van der Waals surface area contributed by atoms with Crippen LogP contribution in [0, 0.1) is 6.92 Å². The first-order valence-corrected chi connectivity index (χ1v) is 9.22. The van der Waals surface area contributed by atoms with Crippen LogP contribution in [0.15, 0.2) is 42.5 Å². The van der Waals surface area contributed by atoms with Gasteiger partial charge in [-0.3, -0.25) is 9.59 Å². The summed E-state index contributed by atoms with van der Waals surface area (Å²) in [5.74, 6) is -0.0974. The Morgan fingerprint density at radius 1 is 1.08 bits per heavy atom. The minimum atomic E-state index is -0.0974. The zero-order valence-corrected chi connectivity index (χ0v) is 15.8. The summed E-state index contributed by atoms with van der Waals surface area (Å²) in [4.78, 5) is 28.8. The molecule has 0 spiro atoms. The van der Waals surface area contributed by atoms with Crippen molar-refractivity contribution in [3.63, 3.8) is 0 Å². The lowest BCUT2D eigenvalue weighted by molar-refractivity contribution is -0.132. The van der Waals surface area contributed by atoms with Crippen LogP contribution in [0.5, 0.6) is 0 Å². The van der Waals surface area contributed by atoms with E-state index in [1.165, 1.54) is 18.1 Å². The van der Waals surface area contributed by atoms with E-state index < -0.39 is 0 Å². The van der Waals surface area contributed by atoms with E-state index in [0.29, 0.717) is 13.1 Å². The molecule has 4 nitrogen and oxygen atoms in total. The van der Waals surface area contributed by atoms with Crippen LogP contribution in [0.1, 0.15) is 36.1 Å². The van der Waals surface area contributed by atoms with E-state index >= 15 is 0 Å². The van der Waals surface area contributed by atoms with Crippen molar-refractivity contribution in [1.82, 2.24) is 4.90 Å². The molecule has 26 heavy (non-hydrogen) atoms. The molecule has 0 bridgehead atoms. The minimum Gasteiger partial charge on any atom is -0.336 e. The molecule has 0 unspecified atom stereocenters. The standard InChI is InChI=1S/C22H26N2O2/c1-4-18-11-7-8-16(2)22(18)24(17(3)25)15-21(26)23-13-12-19-9-5-6-10-20(19)14-23/h5-11H,4,12-15H2,1-3H3. The van der Waals surface area contributed by atoms with Gasteiger partial charge in [0.25, 0.3) is 0 Å². The highest BCUT2D eigenvalue weighted by Gasteiger charge is 2.25. The normalized spacial score (nSPS) is 13.3. The van der Waals surface area contributed by atoms with Gasteiger partial charge in [-0.15, -0.1) is 0 Å². The average molecular weight is 350 g/mol. The number of hydrogen-bond acceptors (Lipinski definition) is 2. The van der Waals surface area contributed by atoms with Crippen LogP contribution in [0.3, 0.4) is 0 Å². The number of rotatable bonds is 4. The van der Waals surface area contributed by atoms with Crippen LogP contribution >= 0.6 is 0 Å². The maximum absolute atomic E-state index is 12.9. The summed E-state index contributed by atoms with van der Waals surface area (Å²) >= 11 is 0. The van der Waals surface area contributed by atoms with Gasteiger partial charge in [0.05, 0.1) is 5.69 Å². The third kappa shape index (κ3) is 3.64. The van der Waals surface area contributed by atoms with Crippen LogP contribution in [-0.4, -0.2) is 29.8 Å². The van der Waals surface area contributed by atoms with E-state index in [0.717, 1.165) is 29.7 Å². The molecule has 0 aromatic heterocycles. The van der Waals surface area contributed by atoms with Crippen molar-refractivity contribution in [1.29, 1.82) is 0 Å². The molecule has 0 saturated heterocycles. The quantitative estimate of drug-likeness (QED) is 0.847. The summed E-state index contributed by atoms with van der Waals surface area (Å²) in [5, 5.41) is 0. The number of amides is 2. The average Bonchev–Trinajstić information content (AvgIpc) is 2.65. The van der Waals surface area contributed by atoms with Gasteiger partial charge in [0.2, 0.25) is 11.8 Å². The largest absolute Gasteiger partial charge is 0.336 e.